The van der Waals surface area contributed by atoms with Gasteiger partial charge in [-0.05, 0) is 39.0 Å². The summed E-state index contributed by atoms with van der Waals surface area (Å²) in [5.74, 6) is -0.395. The van der Waals surface area contributed by atoms with E-state index in [2.05, 4.69) is 0 Å². The van der Waals surface area contributed by atoms with Gasteiger partial charge in [-0.1, -0.05) is 0 Å². The van der Waals surface area contributed by atoms with Gasteiger partial charge in [0.1, 0.15) is 18.0 Å². The predicted octanol–water partition coefficient (Wildman–Crippen LogP) is 2.84. The molecule has 2 saturated heterocycles. The number of hydrogen-bond acceptors (Lipinski definition) is 5. The van der Waals surface area contributed by atoms with Gasteiger partial charge in [-0.25, -0.2) is 14.0 Å². The average molecular weight is 365 g/mol. The van der Waals surface area contributed by atoms with Crippen LogP contribution in [0.25, 0.3) is 0 Å². The van der Waals surface area contributed by atoms with E-state index >= 15 is 0 Å². The van der Waals surface area contributed by atoms with E-state index < -0.39 is 17.5 Å². The highest BCUT2D eigenvalue weighted by molar-refractivity contribution is 5.89. The number of halogens is 1. The minimum atomic E-state index is -0.535. The second-order valence-corrected chi connectivity index (χ2v) is 7.36. The minimum absolute atomic E-state index is 0.314. The number of amides is 2. The summed E-state index contributed by atoms with van der Waals surface area (Å²) in [6, 6.07) is 4.73. The molecule has 1 aromatic rings. The Balaban J connectivity index is 1.62. The monoisotopic (exact) mass is 365 g/mol. The lowest BCUT2D eigenvalue weighted by Crippen LogP contribution is -2.50. The van der Waals surface area contributed by atoms with Crippen LogP contribution in [0.3, 0.4) is 0 Å². The summed E-state index contributed by atoms with van der Waals surface area (Å²) in [6.07, 6.45) is -0.802. The Kier molecular flexibility index (Phi) is 4.93. The topological polar surface area (TPSA) is 62.3 Å². The number of benzene rings is 1. The zero-order chi connectivity index (χ0) is 18.9. The van der Waals surface area contributed by atoms with Gasteiger partial charge in [-0.3, -0.25) is 4.90 Å². The lowest BCUT2D eigenvalue weighted by molar-refractivity contribution is 0.0240. The maximum absolute atomic E-state index is 14.6. The molecule has 0 aromatic heterocycles. The van der Waals surface area contributed by atoms with Crippen LogP contribution in [0.1, 0.15) is 20.8 Å². The third kappa shape index (κ3) is 4.00. The summed E-state index contributed by atoms with van der Waals surface area (Å²) < 4.78 is 24.8. The Morgan fingerprint density at radius 2 is 1.85 bits per heavy atom. The van der Waals surface area contributed by atoms with Crippen LogP contribution in [0.5, 0.6) is 0 Å². The van der Waals surface area contributed by atoms with E-state index in [4.69, 9.17) is 9.47 Å². The maximum Gasteiger partial charge on any atom is 0.414 e. The third-order valence-corrected chi connectivity index (χ3v) is 4.28. The second-order valence-electron chi connectivity index (χ2n) is 7.36. The lowest BCUT2D eigenvalue weighted by Gasteiger charge is -2.37. The third-order valence-electron chi connectivity index (χ3n) is 4.28. The lowest BCUT2D eigenvalue weighted by atomic mass is 10.2. The van der Waals surface area contributed by atoms with E-state index in [0.717, 1.165) is 0 Å². The van der Waals surface area contributed by atoms with Crippen molar-refractivity contribution < 1.29 is 23.5 Å². The fraction of sp³-hybridized carbons (Fsp3) is 0.556. The average Bonchev–Trinajstić information content (AvgIpc) is 2.99. The molecular weight excluding hydrogens is 341 g/mol. The van der Waals surface area contributed by atoms with E-state index in [9.17, 15) is 14.0 Å². The second kappa shape index (κ2) is 7.01. The van der Waals surface area contributed by atoms with E-state index in [1.165, 1.54) is 11.0 Å². The number of cyclic esters (lactones) is 1. The van der Waals surface area contributed by atoms with Crippen molar-refractivity contribution in [1.29, 1.82) is 0 Å². The van der Waals surface area contributed by atoms with Crippen LogP contribution in [-0.4, -0.2) is 62.0 Å². The molecule has 2 amide bonds. The fourth-order valence-electron chi connectivity index (χ4n) is 3.00. The molecule has 0 atom stereocenters. The Labute approximate surface area is 152 Å². The number of hydrogen-bond donors (Lipinski definition) is 0. The van der Waals surface area contributed by atoms with Crippen molar-refractivity contribution in [2.45, 2.75) is 26.4 Å². The molecule has 2 aliphatic rings. The molecule has 0 spiro atoms. The van der Waals surface area contributed by atoms with Crippen molar-refractivity contribution in [2.24, 2.45) is 0 Å². The van der Waals surface area contributed by atoms with Crippen molar-refractivity contribution in [3.05, 3.63) is 24.0 Å². The van der Waals surface area contributed by atoms with Gasteiger partial charge in [0, 0.05) is 26.2 Å². The SMILES string of the molecule is CC(C)(C)OC(=O)N1CCN(c2ccc(N3CCOC3=O)cc2F)CC1. The summed E-state index contributed by atoms with van der Waals surface area (Å²) in [6.45, 7) is 8.18. The predicted molar refractivity (Wildman–Crippen MR) is 95.1 cm³/mol. The number of rotatable bonds is 2. The molecule has 0 bridgehead atoms. The number of carbonyl (C=O) groups is 2. The van der Waals surface area contributed by atoms with Crippen LogP contribution in [0.4, 0.5) is 25.4 Å². The fourth-order valence-corrected chi connectivity index (χ4v) is 3.00. The minimum Gasteiger partial charge on any atom is -0.447 e. The van der Waals surface area contributed by atoms with E-state index in [0.29, 0.717) is 50.7 Å². The molecule has 26 heavy (non-hydrogen) atoms. The zero-order valence-corrected chi connectivity index (χ0v) is 15.3. The summed E-state index contributed by atoms with van der Waals surface area (Å²) in [5.41, 5.74) is 0.415. The number of anilines is 2. The summed E-state index contributed by atoms with van der Waals surface area (Å²) in [7, 11) is 0. The van der Waals surface area contributed by atoms with Crippen LogP contribution in [0, 0.1) is 5.82 Å². The number of ether oxygens (including phenoxy) is 2. The van der Waals surface area contributed by atoms with Gasteiger partial charge in [0.15, 0.2) is 0 Å². The van der Waals surface area contributed by atoms with E-state index in [1.807, 2.05) is 25.7 Å². The van der Waals surface area contributed by atoms with Crippen LogP contribution in [0.15, 0.2) is 18.2 Å². The smallest absolute Gasteiger partial charge is 0.414 e. The molecule has 1 aromatic carbocycles. The molecule has 8 heteroatoms. The molecule has 0 saturated carbocycles. The van der Waals surface area contributed by atoms with Gasteiger partial charge in [0.05, 0.1) is 17.9 Å². The Morgan fingerprint density at radius 3 is 2.38 bits per heavy atom. The molecule has 2 fully saturated rings. The van der Waals surface area contributed by atoms with Crippen molar-refractivity contribution >= 4 is 23.6 Å². The largest absolute Gasteiger partial charge is 0.447 e. The van der Waals surface area contributed by atoms with Gasteiger partial charge in [0.25, 0.3) is 0 Å². The molecule has 2 aliphatic heterocycles. The molecular formula is C18H24FN3O4. The molecule has 2 heterocycles. The normalized spacial score (nSPS) is 18.2. The molecule has 0 N–H and O–H groups in total. The van der Waals surface area contributed by atoms with Crippen molar-refractivity contribution in [3.8, 4) is 0 Å². The molecule has 0 radical (unpaired) electrons. The molecule has 0 aliphatic carbocycles. The highest BCUT2D eigenvalue weighted by Gasteiger charge is 2.28. The van der Waals surface area contributed by atoms with Gasteiger partial charge in [0.2, 0.25) is 0 Å². The summed E-state index contributed by atoms with van der Waals surface area (Å²) in [4.78, 5) is 28.6. The van der Waals surface area contributed by atoms with Gasteiger partial charge >= 0.3 is 12.2 Å². The molecule has 7 nitrogen and oxygen atoms in total. The van der Waals surface area contributed by atoms with Crippen molar-refractivity contribution in [1.82, 2.24) is 4.90 Å². The van der Waals surface area contributed by atoms with Crippen molar-refractivity contribution in [2.75, 3.05) is 49.1 Å². The van der Waals surface area contributed by atoms with Crippen LogP contribution in [0.2, 0.25) is 0 Å². The number of nitrogens with zero attached hydrogens (tertiary/aromatic N) is 3. The highest BCUT2D eigenvalue weighted by atomic mass is 19.1. The standard InChI is InChI=1S/C18H24FN3O4/c1-18(2,3)26-16(23)21-8-6-20(7-9-21)15-5-4-13(12-14(15)19)22-10-11-25-17(22)24/h4-5,12H,6-11H2,1-3H3. The zero-order valence-electron chi connectivity index (χ0n) is 15.3. The van der Waals surface area contributed by atoms with Gasteiger partial charge in [-0.2, -0.15) is 0 Å². The maximum atomic E-state index is 14.6. The van der Waals surface area contributed by atoms with Crippen molar-refractivity contribution in [3.63, 3.8) is 0 Å². The molecule has 142 valence electrons. The summed E-state index contributed by atoms with van der Waals surface area (Å²) >= 11 is 0. The molecule has 3 rings (SSSR count). The van der Waals surface area contributed by atoms with E-state index in [1.54, 1.807) is 17.0 Å². The van der Waals surface area contributed by atoms with Gasteiger partial charge < -0.3 is 19.3 Å². The number of piperazine rings is 1. The first kappa shape index (κ1) is 18.3. The first-order chi connectivity index (χ1) is 12.2. The van der Waals surface area contributed by atoms with Crippen LogP contribution >= 0.6 is 0 Å². The summed E-state index contributed by atoms with van der Waals surface area (Å²) in [5, 5.41) is 0. The Morgan fingerprint density at radius 1 is 1.15 bits per heavy atom. The number of carbonyl (C=O) groups excluding carboxylic acids is 2. The Hall–Kier alpha value is -2.51. The first-order valence-corrected chi connectivity index (χ1v) is 8.71. The molecule has 0 unspecified atom stereocenters. The first-order valence-electron chi connectivity index (χ1n) is 8.71. The van der Waals surface area contributed by atoms with Gasteiger partial charge in [-0.15, -0.1) is 0 Å². The Bertz CT molecular complexity index is 696. The van der Waals surface area contributed by atoms with Crippen LogP contribution in [-0.2, 0) is 9.47 Å². The van der Waals surface area contributed by atoms with E-state index in [-0.39, 0.29) is 6.09 Å². The highest BCUT2D eigenvalue weighted by Crippen LogP contribution is 2.27. The van der Waals surface area contributed by atoms with Crippen LogP contribution < -0.4 is 9.80 Å². The quantitative estimate of drug-likeness (QED) is 0.806.